The lowest BCUT2D eigenvalue weighted by molar-refractivity contribution is -0.133. The lowest BCUT2D eigenvalue weighted by Gasteiger charge is -2.19. The summed E-state index contributed by atoms with van der Waals surface area (Å²) < 4.78 is 34.9. The summed E-state index contributed by atoms with van der Waals surface area (Å²) in [6, 6.07) is 8.41. The Morgan fingerprint density at radius 2 is 1.64 bits per heavy atom. The number of hydrogen-bond donors (Lipinski definition) is 4. The van der Waals surface area contributed by atoms with Gasteiger partial charge in [0.1, 0.15) is 17.5 Å². The zero-order valence-electron chi connectivity index (χ0n) is 18.7. The van der Waals surface area contributed by atoms with Gasteiger partial charge in [0.15, 0.2) is 6.10 Å². The Hall–Kier alpha value is -3.04. The molecule has 0 aliphatic carbocycles. The number of carbonyl (C=O) groups excluding carboxylic acids is 2. The van der Waals surface area contributed by atoms with E-state index in [4.69, 9.17) is 15.9 Å². The number of ether oxygens (including phenoxy) is 1. The summed E-state index contributed by atoms with van der Waals surface area (Å²) in [7, 11) is 0. The number of nitrogens with one attached hydrogen (secondary N) is 3. The zero-order chi connectivity index (χ0) is 23.8. The molecule has 0 aliphatic heterocycles. The number of amidine groups is 1. The summed E-state index contributed by atoms with van der Waals surface area (Å²) >= 11 is 0. The van der Waals surface area contributed by atoms with Gasteiger partial charge < -0.3 is 21.1 Å². The first-order valence-electron chi connectivity index (χ1n) is 10.2. The predicted octanol–water partition coefficient (Wildman–Crippen LogP) is 3.45. The highest BCUT2D eigenvalue weighted by atomic mass is 35.5. The highest BCUT2D eigenvalue weighted by molar-refractivity contribution is 5.95. The molecule has 2 amide bonds. The fraction of sp³-hybridized carbons (Fsp3) is 0.348. The van der Waals surface area contributed by atoms with Gasteiger partial charge in [-0.25, -0.2) is 8.78 Å². The maximum Gasteiger partial charge on any atom is 0.254 e. The monoisotopic (exact) mass is 482 g/mol. The van der Waals surface area contributed by atoms with Crippen molar-refractivity contribution in [3.05, 3.63) is 70.3 Å². The molecule has 0 radical (unpaired) electrons. The molecule has 1 unspecified atom stereocenters. The Balaban J connectivity index is 0.00000544. The molecule has 0 aromatic heterocycles. The van der Waals surface area contributed by atoms with Crippen molar-refractivity contribution in [1.29, 1.82) is 5.41 Å². The first-order valence-corrected chi connectivity index (χ1v) is 10.2. The summed E-state index contributed by atoms with van der Waals surface area (Å²) in [5.41, 5.74) is 5.92. The summed E-state index contributed by atoms with van der Waals surface area (Å²) in [5, 5.41) is 12.6. The van der Waals surface area contributed by atoms with Crippen molar-refractivity contribution in [3.63, 3.8) is 0 Å². The number of rotatable bonds is 10. The Bertz CT molecular complexity index is 961. The van der Waals surface area contributed by atoms with E-state index < -0.39 is 35.1 Å². The molecule has 2 aromatic carbocycles. The van der Waals surface area contributed by atoms with Crippen molar-refractivity contribution in [2.24, 2.45) is 11.7 Å². The Morgan fingerprint density at radius 1 is 1.06 bits per heavy atom. The second-order valence-electron chi connectivity index (χ2n) is 7.62. The van der Waals surface area contributed by atoms with Crippen molar-refractivity contribution in [2.75, 3.05) is 13.2 Å². The molecule has 7 nitrogen and oxygen atoms in total. The maximum absolute atomic E-state index is 14.8. The molecule has 0 saturated carbocycles. The van der Waals surface area contributed by atoms with Crippen molar-refractivity contribution >= 4 is 30.1 Å². The Morgan fingerprint density at radius 3 is 2.12 bits per heavy atom. The molecule has 0 spiro atoms. The van der Waals surface area contributed by atoms with E-state index in [-0.39, 0.29) is 42.9 Å². The summed E-state index contributed by atoms with van der Waals surface area (Å²) in [4.78, 5) is 24.8. The molecule has 10 heteroatoms. The highest BCUT2D eigenvalue weighted by Gasteiger charge is 2.29. The van der Waals surface area contributed by atoms with E-state index in [0.717, 1.165) is 12.1 Å². The van der Waals surface area contributed by atoms with Crippen molar-refractivity contribution < 1.29 is 23.1 Å². The first-order chi connectivity index (χ1) is 15.1. The molecular formula is C23H29ClF2N4O3. The lowest BCUT2D eigenvalue weighted by Crippen LogP contribution is -2.32. The fourth-order valence-electron chi connectivity index (χ4n) is 2.91. The molecule has 0 fully saturated rings. The molecule has 0 saturated heterocycles. The molecule has 0 aliphatic rings. The third-order valence-corrected chi connectivity index (χ3v) is 4.58. The molecular weight excluding hydrogens is 454 g/mol. The number of nitrogen functional groups attached to an aromatic ring is 1. The number of benzene rings is 2. The van der Waals surface area contributed by atoms with Crippen molar-refractivity contribution in [3.8, 4) is 0 Å². The van der Waals surface area contributed by atoms with Gasteiger partial charge >= 0.3 is 0 Å². The van der Waals surface area contributed by atoms with E-state index in [1.165, 1.54) is 0 Å². The second-order valence-corrected chi connectivity index (χ2v) is 7.62. The quantitative estimate of drug-likeness (QED) is 0.306. The second kappa shape index (κ2) is 12.9. The van der Waals surface area contributed by atoms with Crippen LogP contribution in [0.3, 0.4) is 0 Å². The minimum atomic E-state index is -1.52. The van der Waals surface area contributed by atoms with Crippen LogP contribution >= 0.6 is 12.4 Å². The Kier molecular flexibility index (Phi) is 10.9. The van der Waals surface area contributed by atoms with Gasteiger partial charge in [-0.05, 0) is 30.5 Å². The van der Waals surface area contributed by atoms with Gasteiger partial charge in [0.2, 0.25) is 0 Å². The minimum absolute atomic E-state index is 0. The minimum Gasteiger partial charge on any atom is -0.384 e. The van der Waals surface area contributed by atoms with Crippen LogP contribution in [-0.4, -0.2) is 30.8 Å². The van der Waals surface area contributed by atoms with Crippen LogP contribution < -0.4 is 16.4 Å². The molecule has 2 rings (SSSR count). The van der Waals surface area contributed by atoms with Crippen LogP contribution in [0.15, 0.2) is 36.4 Å². The molecule has 5 N–H and O–H groups in total. The smallest absolute Gasteiger partial charge is 0.254 e. The number of nitrogens with two attached hydrogens (primary N) is 1. The molecule has 0 bridgehead atoms. The highest BCUT2D eigenvalue weighted by Crippen LogP contribution is 2.26. The SMILES string of the molecule is CCOC(C(=O)NCc1ccc(C(=N)N)cc1)c1c(F)cc(C(=O)NCC(C)C)cc1F.Cl. The van der Waals surface area contributed by atoms with E-state index in [9.17, 15) is 18.4 Å². The van der Waals surface area contributed by atoms with Crippen LogP contribution in [0.25, 0.3) is 0 Å². The molecule has 180 valence electrons. The average molecular weight is 483 g/mol. The van der Waals surface area contributed by atoms with E-state index in [1.807, 2.05) is 13.8 Å². The third kappa shape index (κ3) is 7.80. The van der Waals surface area contributed by atoms with Crippen LogP contribution in [0, 0.1) is 23.0 Å². The van der Waals surface area contributed by atoms with E-state index in [2.05, 4.69) is 10.6 Å². The van der Waals surface area contributed by atoms with Crippen LogP contribution in [0.1, 0.15) is 53.9 Å². The molecule has 2 aromatic rings. The standard InChI is InChI=1S/C23H28F2N4O3.ClH/c1-4-32-20(23(31)29-12-14-5-7-15(8-6-14)21(26)27)19-17(24)9-16(10-18(19)25)22(30)28-11-13(2)3;/h5-10,13,20H,4,11-12H2,1-3H3,(H3,26,27)(H,28,30)(H,29,31);1H. The number of halogens is 3. The van der Waals surface area contributed by atoms with Gasteiger partial charge in [-0.2, -0.15) is 0 Å². The van der Waals surface area contributed by atoms with Crippen molar-refractivity contribution in [2.45, 2.75) is 33.4 Å². The van der Waals surface area contributed by atoms with Crippen LogP contribution in [0.2, 0.25) is 0 Å². The Labute approximate surface area is 198 Å². The van der Waals surface area contributed by atoms with E-state index in [1.54, 1.807) is 31.2 Å². The van der Waals surface area contributed by atoms with Gasteiger partial charge in [-0.1, -0.05) is 38.1 Å². The van der Waals surface area contributed by atoms with Gasteiger partial charge in [-0.15, -0.1) is 12.4 Å². The molecule has 0 heterocycles. The predicted molar refractivity (Wildman–Crippen MR) is 124 cm³/mol. The third-order valence-electron chi connectivity index (χ3n) is 4.58. The average Bonchev–Trinajstić information content (AvgIpc) is 2.74. The number of amides is 2. The van der Waals surface area contributed by atoms with Crippen LogP contribution in [-0.2, 0) is 16.1 Å². The number of hydrogen-bond acceptors (Lipinski definition) is 4. The maximum atomic E-state index is 14.8. The lowest BCUT2D eigenvalue weighted by atomic mass is 10.0. The zero-order valence-corrected chi connectivity index (χ0v) is 19.5. The first kappa shape index (κ1) is 28.0. The normalized spacial score (nSPS) is 11.5. The summed E-state index contributed by atoms with van der Waals surface area (Å²) in [5.74, 6) is -3.31. The topological polar surface area (TPSA) is 117 Å². The fourth-order valence-corrected chi connectivity index (χ4v) is 2.91. The summed E-state index contributed by atoms with van der Waals surface area (Å²) in [6.45, 7) is 5.88. The largest absolute Gasteiger partial charge is 0.384 e. The molecule has 1 atom stereocenters. The van der Waals surface area contributed by atoms with Gasteiger partial charge in [0, 0.05) is 30.8 Å². The van der Waals surface area contributed by atoms with E-state index >= 15 is 0 Å². The van der Waals surface area contributed by atoms with Gasteiger partial charge in [0.05, 0.1) is 5.56 Å². The van der Waals surface area contributed by atoms with Crippen LogP contribution in [0.5, 0.6) is 0 Å². The van der Waals surface area contributed by atoms with E-state index in [0.29, 0.717) is 17.7 Å². The van der Waals surface area contributed by atoms with Gasteiger partial charge in [0.25, 0.3) is 11.8 Å². The molecule has 33 heavy (non-hydrogen) atoms. The number of carbonyl (C=O) groups is 2. The van der Waals surface area contributed by atoms with Crippen LogP contribution in [0.4, 0.5) is 8.78 Å². The van der Waals surface area contributed by atoms with Crippen molar-refractivity contribution in [1.82, 2.24) is 10.6 Å². The van der Waals surface area contributed by atoms with Gasteiger partial charge in [-0.3, -0.25) is 15.0 Å². The summed E-state index contributed by atoms with van der Waals surface area (Å²) in [6.07, 6.45) is -1.52.